The normalized spacial score (nSPS) is 16.1. The van der Waals surface area contributed by atoms with Gasteiger partial charge in [-0.25, -0.2) is 9.78 Å². The van der Waals surface area contributed by atoms with E-state index >= 15 is 0 Å². The summed E-state index contributed by atoms with van der Waals surface area (Å²) in [6, 6.07) is 15.9. The van der Waals surface area contributed by atoms with Crippen LogP contribution in [0.5, 0.6) is 5.75 Å². The molecule has 1 unspecified atom stereocenters. The molecule has 2 heterocycles. The summed E-state index contributed by atoms with van der Waals surface area (Å²) in [4.78, 5) is 19.4. The summed E-state index contributed by atoms with van der Waals surface area (Å²) in [5, 5.41) is 2.79. The standard InChI is InChI=1S/C24H26N2O3S/c1-24(2,3)29-23(27)26-14-12-18-10-7-11-19(28-16-17-8-5-4-6-9-17)20(18)21(26)22-25-13-15-30-22/h4-11,13,15,21H,12,14,16H2,1-3H3. The average molecular weight is 423 g/mol. The van der Waals surface area contributed by atoms with E-state index in [1.807, 2.05) is 68.6 Å². The molecule has 0 fully saturated rings. The lowest BCUT2D eigenvalue weighted by Gasteiger charge is -2.37. The summed E-state index contributed by atoms with van der Waals surface area (Å²) in [7, 11) is 0. The van der Waals surface area contributed by atoms with E-state index in [2.05, 4.69) is 11.1 Å². The van der Waals surface area contributed by atoms with Crippen molar-refractivity contribution < 1.29 is 14.3 Å². The van der Waals surface area contributed by atoms with Crippen molar-refractivity contribution >= 4 is 17.4 Å². The second-order valence-electron chi connectivity index (χ2n) is 8.30. The Balaban J connectivity index is 1.70. The van der Waals surface area contributed by atoms with E-state index < -0.39 is 5.60 Å². The molecular weight excluding hydrogens is 396 g/mol. The van der Waals surface area contributed by atoms with Crippen LogP contribution < -0.4 is 4.74 Å². The summed E-state index contributed by atoms with van der Waals surface area (Å²) in [5.74, 6) is 0.782. The van der Waals surface area contributed by atoms with Gasteiger partial charge in [-0.15, -0.1) is 11.3 Å². The van der Waals surface area contributed by atoms with Gasteiger partial charge < -0.3 is 9.47 Å². The van der Waals surface area contributed by atoms with Gasteiger partial charge in [-0.2, -0.15) is 0 Å². The fraction of sp³-hybridized carbons (Fsp3) is 0.333. The number of hydrogen-bond donors (Lipinski definition) is 0. The number of hydrogen-bond acceptors (Lipinski definition) is 5. The van der Waals surface area contributed by atoms with Gasteiger partial charge in [0.05, 0.1) is 0 Å². The molecule has 0 aliphatic carbocycles. The minimum atomic E-state index is -0.561. The Morgan fingerprint density at radius 3 is 2.67 bits per heavy atom. The zero-order chi connectivity index (χ0) is 21.1. The first kappa shape index (κ1) is 20.4. The highest BCUT2D eigenvalue weighted by molar-refractivity contribution is 7.09. The van der Waals surface area contributed by atoms with Crippen LogP contribution in [0.15, 0.2) is 60.1 Å². The minimum Gasteiger partial charge on any atom is -0.489 e. The Hall–Kier alpha value is -2.86. The Morgan fingerprint density at radius 2 is 1.97 bits per heavy atom. The molecule has 2 aromatic carbocycles. The van der Waals surface area contributed by atoms with Crippen molar-refractivity contribution in [2.24, 2.45) is 0 Å². The number of rotatable bonds is 4. The van der Waals surface area contributed by atoms with Crippen LogP contribution >= 0.6 is 11.3 Å². The maximum atomic E-state index is 13.1. The van der Waals surface area contributed by atoms with Crippen molar-refractivity contribution in [2.45, 2.75) is 45.4 Å². The Labute approximate surface area is 181 Å². The number of carbonyl (C=O) groups is 1. The molecule has 0 radical (unpaired) electrons. The smallest absolute Gasteiger partial charge is 0.411 e. The molecule has 6 heteroatoms. The average Bonchev–Trinajstić information content (AvgIpc) is 3.25. The lowest BCUT2D eigenvalue weighted by atomic mass is 9.92. The summed E-state index contributed by atoms with van der Waals surface area (Å²) >= 11 is 1.54. The van der Waals surface area contributed by atoms with Crippen molar-refractivity contribution in [3.05, 3.63) is 81.8 Å². The molecule has 30 heavy (non-hydrogen) atoms. The Bertz CT molecular complexity index is 997. The van der Waals surface area contributed by atoms with Crippen molar-refractivity contribution in [3.63, 3.8) is 0 Å². The van der Waals surface area contributed by atoms with Crippen LogP contribution in [0.1, 0.15) is 48.5 Å². The number of thiazole rings is 1. The molecule has 3 aromatic rings. The molecular formula is C24H26N2O3S. The lowest BCUT2D eigenvalue weighted by molar-refractivity contribution is 0.0175. The van der Waals surface area contributed by atoms with Gasteiger partial charge in [0, 0.05) is 23.7 Å². The third kappa shape index (κ3) is 4.49. The first-order valence-electron chi connectivity index (χ1n) is 10.1. The summed E-state index contributed by atoms with van der Waals surface area (Å²) < 4.78 is 12.0. The molecule has 4 rings (SSSR count). The highest BCUT2D eigenvalue weighted by Gasteiger charge is 2.38. The Morgan fingerprint density at radius 1 is 1.17 bits per heavy atom. The second-order valence-corrected chi connectivity index (χ2v) is 9.23. The monoisotopic (exact) mass is 422 g/mol. The highest BCUT2D eigenvalue weighted by atomic mass is 32.1. The third-order valence-corrected chi connectivity index (χ3v) is 5.74. The van der Waals surface area contributed by atoms with Crippen molar-refractivity contribution in [1.82, 2.24) is 9.88 Å². The van der Waals surface area contributed by atoms with Crippen LogP contribution in [0.2, 0.25) is 0 Å². The number of nitrogens with zero attached hydrogens (tertiary/aromatic N) is 2. The summed E-state index contributed by atoms with van der Waals surface area (Å²) in [6.07, 6.45) is 2.19. The van der Waals surface area contributed by atoms with Gasteiger partial charge in [0.1, 0.15) is 29.0 Å². The molecule has 5 nitrogen and oxygen atoms in total. The predicted molar refractivity (Wildman–Crippen MR) is 118 cm³/mol. The van der Waals surface area contributed by atoms with Crippen LogP contribution in [-0.2, 0) is 17.8 Å². The third-order valence-electron chi connectivity index (χ3n) is 4.91. The molecule has 1 amide bonds. The molecule has 0 saturated heterocycles. The van der Waals surface area contributed by atoms with E-state index in [-0.39, 0.29) is 12.1 Å². The molecule has 1 aromatic heterocycles. The molecule has 1 aliphatic heterocycles. The maximum absolute atomic E-state index is 13.1. The largest absolute Gasteiger partial charge is 0.489 e. The zero-order valence-corrected chi connectivity index (χ0v) is 18.3. The van der Waals surface area contributed by atoms with E-state index in [9.17, 15) is 4.79 Å². The van der Waals surface area contributed by atoms with Crippen LogP contribution in [0.25, 0.3) is 0 Å². The van der Waals surface area contributed by atoms with Crippen LogP contribution in [0.3, 0.4) is 0 Å². The molecule has 0 N–H and O–H groups in total. The predicted octanol–water partition coefficient (Wildman–Crippen LogP) is 5.60. The maximum Gasteiger partial charge on any atom is 0.411 e. The van der Waals surface area contributed by atoms with E-state index in [4.69, 9.17) is 9.47 Å². The molecule has 0 spiro atoms. The second kappa shape index (κ2) is 8.48. The number of amides is 1. The fourth-order valence-electron chi connectivity index (χ4n) is 3.65. The van der Waals surface area contributed by atoms with Crippen LogP contribution in [0, 0.1) is 0 Å². The zero-order valence-electron chi connectivity index (χ0n) is 17.5. The SMILES string of the molecule is CC(C)(C)OC(=O)N1CCc2cccc(OCc3ccccc3)c2C1c1nccs1. The van der Waals surface area contributed by atoms with Gasteiger partial charge in [0.2, 0.25) is 0 Å². The number of fused-ring (bicyclic) bond motifs is 1. The van der Waals surface area contributed by atoms with Gasteiger partial charge in [-0.05, 0) is 44.4 Å². The van der Waals surface area contributed by atoms with E-state index in [1.165, 1.54) is 16.9 Å². The van der Waals surface area contributed by atoms with Gasteiger partial charge in [-0.1, -0.05) is 42.5 Å². The minimum absolute atomic E-state index is 0.324. The summed E-state index contributed by atoms with van der Waals surface area (Å²) in [6.45, 7) is 6.70. The number of ether oxygens (including phenoxy) is 2. The molecule has 156 valence electrons. The van der Waals surface area contributed by atoms with Crippen molar-refractivity contribution in [3.8, 4) is 5.75 Å². The quantitative estimate of drug-likeness (QED) is 0.549. The van der Waals surface area contributed by atoms with Crippen molar-refractivity contribution in [2.75, 3.05) is 6.54 Å². The van der Waals surface area contributed by atoms with Gasteiger partial charge in [0.15, 0.2) is 0 Å². The number of carbonyl (C=O) groups excluding carboxylic acids is 1. The molecule has 1 aliphatic rings. The topological polar surface area (TPSA) is 51.7 Å². The van der Waals surface area contributed by atoms with Crippen molar-refractivity contribution in [1.29, 1.82) is 0 Å². The lowest BCUT2D eigenvalue weighted by Crippen LogP contribution is -2.43. The van der Waals surface area contributed by atoms with E-state index in [0.29, 0.717) is 13.2 Å². The first-order chi connectivity index (χ1) is 14.4. The highest BCUT2D eigenvalue weighted by Crippen LogP contribution is 2.42. The Kier molecular flexibility index (Phi) is 5.77. The van der Waals surface area contributed by atoms with Gasteiger partial charge in [-0.3, -0.25) is 4.90 Å². The summed E-state index contributed by atoms with van der Waals surface area (Å²) in [5.41, 5.74) is 2.72. The van der Waals surface area contributed by atoms with Gasteiger partial charge in [0.25, 0.3) is 0 Å². The first-order valence-corrected chi connectivity index (χ1v) is 11.0. The number of benzene rings is 2. The fourth-order valence-corrected chi connectivity index (χ4v) is 4.41. The van der Waals surface area contributed by atoms with Crippen LogP contribution in [-0.4, -0.2) is 28.1 Å². The molecule has 0 bridgehead atoms. The number of aromatic nitrogens is 1. The molecule has 1 atom stereocenters. The van der Waals surface area contributed by atoms with Gasteiger partial charge >= 0.3 is 6.09 Å². The molecule has 0 saturated carbocycles. The van der Waals surface area contributed by atoms with E-state index in [0.717, 1.165) is 28.3 Å². The van der Waals surface area contributed by atoms with Crippen LogP contribution in [0.4, 0.5) is 4.79 Å². The van der Waals surface area contributed by atoms with E-state index in [1.54, 1.807) is 11.1 Å².